The third-order valence-electron chi connectivity index (χ3n) is 4.47. The van der Waals surface area contributed by atoms with Crippen molar-refractivity contribution in [3.63, 3.8) is 0 Å². The number of hydrogen-bond donors (Lipinski definition) is 2. The van der Waals surface area contributed by atoms with E-state index in [-0.39, 0.29) is 12.1 Å². The Labute approximate surface area is 141 Å². The monoisotopic (exact) mass is 333 g/mol. The third kappa shape index (κ3) is 3.03. The lowest BCUT2D eigenvalue weighted by atomic mass is 9.93. The molecule has 130 valence electrons. The highest BCUT2D eigenvalue weighted by atomic mass is 16.5. The molecule has 3 rings (SSSR count). The van der Waals surface area contributed by atoms with Crippen LogP contribution < -0.4 is 19.5 Å². The fourth-order valence-electron chi connectivity index (χ4n) is 3.19. The van der Waals surface area contributed by atoms with Gasteiger partial charge in [-0.05, 0) is 31.7 Å². The normalized spacial score (nSPS) is 20.7. The average molecular weight is 333 g/mol. The lowest BCUT2D eigenvalue weighted by molar-refractivity contribution is 0.126. The molecule has 0 aliphatic heterocycles. The maximum absolute atomic E-state index is 9.66. The zero-order valence-electron chi connectivity index (χ0n) is 14.2. The van der Waals surface area contributed by atoms with E-state index >= 15 is 0 Å². The van der Waals surface area contributed by atoms with Crippen LogP contribution in [-0.4, -0.2) is 48.5 Å². The fraction of sp³-hybridized carbons (Fsp3) is 0.529. The third-order valence-corrected chi connectivity index (χ3v) is 4.47. The number of aliphatic hydroxyl groups is 1. The number of aliphatic hydroxyl groups excluding tert-OH is 1. The van der Waals surface area contributed by atoms with Gasteiger partial charge in [0.15, 0.2) is 11.5 Å². The molecular formula is C17H23N3O4. The quantitative estimate of drug-likeness (QED) is 0.869. The van der Waals surface area contributed by atoms with Gasteiger partial charge in [0.1, 0.15) is 17.7 Å². The highest BCUT2D eigenvalue weighted by Gasteiger charge is 2.23. The Hall–Kier alpha value is -2.28. The van der Waals surface area contributed by atoms with Crippen molar-refractivity contribution in [2.75, 3.05) is 26.6 Å². The molecule has 0 amide bonds. The van der Waals surface area contributed by atoms with E-state index in [0.717, 1.165) is 36.9 Å². The number of aromatic nitrogens is 2. The molecule has 0 bridgehead atoms. The molecule has 1 aliphatic rings. The minimum absolute atomic E-state index is 0.186. The molecule has 1 fully saturated rings. The molecule has 1 heterocycles. The molecule has 24 heavy (non-hydrogen) atoms. The first-order chi connectivity index (χ1) is 11.7. The zero-order chi connectivity index (χ0) is 17.1. The molecule has 1 saturated carbocycles. The average Bonchev–Trinajstić information content (AvgIpc) is 2.62. The maximum Gasteiger partial charge on any atom is 0.205 e. The molecule has 0 saturated heterocycles. The number of methoxy groups -OCH3 is 3. The second-order valence-corrected chi connectivity index (χ2v) is 5.91. The van der Waals surface area contributed by atoms with Gasteiger partial charge in [-0.3, -0.25) is 0 Å². The van der Waals surface area contributed by atoms with Crippen LogP contribution in [-0.2, 0) is 0 Å². The topological polar surface area (TPSA) is 85.7 Å². The molecule has 0 radical (unpaired) electrons. The summed E-state index contributed by atoms with van der Waals surface area (Å²) in [6.45, 7) is 0. The highest BCUT2D eigenvalue weighted by Crippen LogP contribution is 2.44. The highest BCUT2D eigenvalue weighted by molar-refractivity contribution is 5.96. The molecule has 7 heteroatoms. The number of nitrogens with one attached hydrogen (secondary N) is 1. The van der Waals surface area contributed by atoms with Gasteiger partial charge in [0.25, 0.3) is 0 Å². The maximum atomic E-state index is 9.66. The number of ether oxygens (including phenoxy) is 3. The van der Waals surface area contributed by atoms with Crippen LogP contribution in [0.5, 0.6) is 17.2 Å². The number of rotatable bonds is 5. The van der Waals surface area contributed by atoms with Crippen molar-refractivity contribution in [2.45, 2.75) is 37.8 Å². The Balaban J connectivity index is 2.03. The van der Waals surface area contributed by atoms with E-state index in [1.165, 1.54) is 6.33 Å². The standard InChI is InChI=1S/C17H23N3O4/c1-22-13-8-12-14(16(24-3)15(13)23-2)18-9-19-17(12)20-10-4-6-11(21)7-5-10/h8-11,21H,4-7H2,1-3H3,(H,18,19,20). The van der Waals surface area contributed by atoms with Gasteiger partial charge in [-0.2, -0.15) is 0 Å². The fourth-order valence-corrected chi connectivity index (χ4v) is 3.19. The Bertz CT molecular complexity index is 715. The summed E-state index contributed by atoms with van der Waals surface area (Å²) in [4.78, 5) is 8.74. The second kappa shape index (κ2) is 7.09. The van der Waals surface area contributed by atoms with Crippen LogP contribution >= 0.6 is 0 Å². The van der Waals surface area contributed by atoms with E-state index < -0.39 is 0 Å². The van der Waals surface area contributed by atoms with Crippen molar-refractivity contribution >= 4 is 16.7 Å². The minimum atomic E-state index is -0.186. The lowest BCUT2D eigenvalue weighted by Gasteiger charge is -2.27. The van der Waals surface area contributed by atoms with Crippen LogP contribution in [0.3, 0.4) is 0 Å². The van der Waals surface area contributed by atoms with Gasteiger partial charge in [-0.1, -0.05) is 0 Å². The van der Waals surface area contributed by atoms with E-state index in [1.54, 1.807) is 21.3 Å². The van der Waals surface area contributed by atoms with E-state index in [2.05, 4.69) is 15.3 Å². The molecule has 0 atom stereocenters. The van der Waals surface area contributed by atoms with Gasteiger partial charge in [0.2, 0.25) is 5.75 Å². The van der Waals surface area contributed by atoms with Gasteiger partial charge in [0.05, 0.1) is 32.8 Å². The van der Waals surface area contributed by atoms with Gasteiger partial charge in [-0.15, -0.1) is 0 Å². The summed E-state index contributed by atoms with van der Waals surface area (Å²) in [5.41, 5.74) is 0.670. The van der Waals surface area contributed by atoms with Crippen LogP contribution in [0.25, 0.3) is 10.9 Å². The van der Waals surface area contributed by atoms with Gasteiger partial charge >= 0.3 is 0 Å². The van der Waals surface area contributed by atoms with Crippen molar-refractivity contribution in [3.8, 4) is 17.2 Å². The summed E-state index contributed by atoms with van der Waals surface area (Å²) < 4.78 is 16.3. The summed E-state index contributed by atoms with van der Waals surface area (Å²) in [7, 11) is 4.73. The summed E-state index contributed by atoms with van der Waals surface area (Å²) >= 11 is 0. The molecule has 1 aromatic carbocycles. The van der Waals surface area contributed by atoms with Gasteiger partial charge < -0.3 is 24.6 Å². The minimum Gasteiger partial charge on any atom is -0.493 e. The summed E-state index contributed by atoms with van der Waals surface area (Å²) in [5, 5.41) is 13.9. The molecule has 0 spiro atoms. The Morgan fingerprint density at radius 3 is 2.33 bits per heavy atom. The molecule has 2 aromatic rings. The summed E-state index contributed by atoms with van der Waals surface area (Å²) in [6, 6.07) is 2.14. The number of nitrogens with zero attached hydrogens (tertiary/aromatic N) is 2. The molecule has 1 aromatic heterocycles. The predicted molar refractivity (Wildman–Crippen MR) is 91.1 cm³/mol. The van der Waals surface area contributed by atoms with Crippen molar-refractivity contribution in [3.05, 3.63) is 12.4 Å². The zero-order valence-corrected chi connectivity index (χ0v) is 14.2. The van der Waals surface area contributed by atoms with Crippen molar-refractivity contribution in [1.29, 1.82) is 0 Å². The largest absolute Gasteiger partial charge is 0.493 e. The Kier molecular flexibility index (Phi) is 4.89. The van der Waals surface area contributed by atoms with E-state index in [9.17, 15) is 5.11 Å². The van der Waals surface area contributed by atoms with Crippen molar-refractivity contribution in [1.82, 2.24) is 9.97 Å². The van der Waals surface area contributed by atoms with Crippen molar-refractivity contribution in [2.24, 2.45) is 0 Å². The number of fused-ring (bicyclic) bond motifs is 1. The Morgan fingerprint density at radius 2 is 1.71 bits per heavy atom. The molecule has 7 nitrogen and oxygen atoms in total. The number of anilines is 1. The number of benzene rings is 1. The van der Waals surface area contributed by atoms with Crippen LogP contribution in [0.15, 0.2) is 12.4 Å². The first kappa shape index (κ1) is 16.6. The van der Waals surface area contributed by atoms with Crippen LogP contribution in [0, 0.1) is 0 Å². The molecule has 2 N–H and O–H groups in total. The van der Waals surface area contributed by atoms with E-state index in [1.807, 2.05) is 6.07 Å². The molecular weight excluding hydrogens is 310 g/mol. The van der Waals surface area contributed by atoms with Crippen LogP contribution in [0.4, 0.5) is 5.82 Å². The van der Waals surface area contributed by atoms with Crippen LogP contribution in [0.1, 0.15) is 25.7 Å². The van der Waals surface area contributed by atoms with E-state index in [4.69, 9.17) is 14.2 Å². The van der Waals surface area contributed by atoms with Crippen molar-refractivity contribution < 1.29 is 19.3 Å². The predicted octanol–water partition coefficient (Wildman–Crippen LogP) is 2.37. The smallest absolute Gasteiger partial charge is 0.205 e. The first-order valence-corrected chi connectivity index (χ1v) is 8.06. The SMILES string of the molecule is COc1cc2c(NC3CCC(O)CC3)ncnc2c(OC)c1OC. The second-order valence-electron chi connectivity index (χ2n) is 5.91. The molecule has 1 aliphatic carbocycles. The lowest BCUT2D eigenvalue weighted by Crippen LogP contribution is -2.28. The Morgan fingerprint density at radius 1 is 1.00 bits per heavy atom. The number of hydrogen-bond acceptors (Lipinski definition) is 7. The summed E-state index contributed by atoms with van der Waals surface area (Å²) in [6.07, 6.45) is 4.77. The van der Waals surface area contributed by atoms with Gasteiger partial charge in [0, 0.05) is 6.04 Å². The molecule has 0 unspecified atom stereocenters. The summed E-state index contributed by atoms with van der Waals surface area (Å²) in [5.74, 6) is 2.34. The van der Waals surface area contributed by atoms with E-state index in [0.29, 0.717) is 22.8 Å². The van der Waals surface area contributed by atoms with Crippen LogP contribution in [0.2, 0.25) is 0 Å². The van der Waals surface area contributed by atoms with Gasteiger partial charge in [-0.25, -0.2) is 9.97 Å². The first-order valence-electron chi connectivity index (χ1n) is 8.06.